The van der Waals surface area contributed by atoms with Crippen LogP contribution in [0.4, 0.5) is 5.69 Å². The number of carbonyl (C=O) groups is 2. The van der Waals surface area contributed by atoms with E-state index >= 15 is 0 Å². The first-order chi connectivity index (χ1) is 19.8. The molecule has 2 amide bonds. The minimum atomic E-state index is -0.919. The first-order valence-corrected chi connectivity index (χ1v) is 13.9. The average Bonchev–Trinajstić information content (AvgIpc) is 3.74. The number of nitrogens with one attached hydrogen (secondary N) is 1. The molecule has 0 saturated heterocycles. The van der Waals surface area contributed by atoms with Crippen LogP contribution in [0.1, 0.15) is 33.4 Å². The van der Waals surface area contributed by atoms with Crippen LogP contribution in [0.2, 0.25) is 0 Å². The Morgan fingerprint density at radius 1 is 1.07 bits per heavy atom. The van der Waals surface area contributed by atoms with Crippen LogP contribution >= 0.6 is 11.3 Å². The maximum absolute atomic E-state index is 14.1. The maximum Gasteiger partial charge on any atom is 0.251 e. The second-order valence-corrected chi connectivity index (χ2v) is 10.6. The van der Waals surface area contributed by atoms with E-state index in [2.05, 4.69) is 20.7 Å². The van der Waals surface area contributed by atoms with Gasteiger partial charge in [0.25, 0.3) is 5.91 Å². The molecule has 0 aliphatic carbocycles. The summed E-state index contributed by atoms with van der Waals surface area (Å²) in [5.74, 6) is 1.50. The molecule has 210 valence electrons. The Morgan fingerprint density at radius 2 is 1.88 bits per heavy atom. The van der Waals surface area contributed by atoms with Gasteiger partial charge in [-0.15, -0.1) is 21.5 Å². The number of aryl methyl sites for hydroxylation is 3. The van der Waals surface area contributed by atoms with Crippen LogP contribution in [0, 0.1) is 20.8 Å². The molecule has 1 N–H and O–H groups in total. The number of thiophene rings is 1. The molecular formula is C30H30N6O4S. The molecule has 0 radical (unpaired) electrons. The Labute approximate surface area is 241 Å². The first kappa shape index (κ1) is 27.8. The minimum Gasteiger partial charge on any atom is -0.497 e. The summed E-state index contributed by atoms with van der Waals surface area (Å²) in [6.07, 6.45) is 0. The summed E-state index contributed by atoms with van der Waals surface area (Å²) in [5.41, 5.74) is 3.44. The molecule has 1 atom stereocenters. The quantitative estimate of drug-likeness (QED) is 0.251. The molecule has 3 heterocycles. The van der Waals surface area contributed by atoms with E-state index in [0.717, 1.165) is 27.3 Å². The van der Waals surface area contributed by atoms with Crippen LogP contribution in [-0.4, -0.2) is 39.1 Å². The Bertz CT molecular complexity index is 1640. The lowest BCUT2D eigenvalue weighted by atomic mass is 10.1. The van der Waals surface area contributed by atoms with Gasteiger partial charge in [0.15, 0.2) is 5.76 Å². The predicted molar refractivity (Wildman–Crippen MR) is 156 cm³/mol. The lowest BCUT2D eigenvalue weighted by Crippen LogP contribution is -2.45. The van der Waals surface area contributed by atoms with Gasteiger partial charge >= 0.3 is 0 Å². The highest BCUT2D eigenvalue weighted by Gasteiger charge is 2.34. The van der Waals surface area contributed by atoms with Gasteiger partial charge in [0, 0.05) is 17.1 Å². The van der Waals surface area contributed by atoms with E-state index in [9.17, 15) is 9.59 Å². The molecule has 10 nitrogen and oxygen atoms in total. The molecule has 0 saturated carbocycles. The van der Waals surface area contributed by atoms with Crippen LogP contribution in [0.3, 0.4) is 0 Å². The maximum atomic E-state index is 14.1. The number of aromatic nitrogens is 4. The van der Waals surface area contributed by atoms with Gasteiger partial charge in [-0.05, 0) is 78.9 Å². The number of carbonyl (C=O) groups excluding carboxylic acids is 2. The normalized spacial score (nSPS) is 11.7. The molecular weight excluding hydrogens is 540 g/mol. The van der Waals surface area contributed by atoms with E-state index in [4.69, 9.17) is 9.15 Å². The summed E-state index contributed by atoms with van der Waals surface area (Å²) in [5, 5.41) is 17.4. The summed E-state index contributed by atoms with van der Waals surface area (Å²) in [7, 11) is 1.61. The lowest BCUT2D eigenvalue weighted by Gasteiger charge is -2.31. The molecule has 0 unspecified atom stereocenters. The van der Waals surface area contributed by atoms with Gasteiger partial charge in [-0.3, -0.25) is 14.5 Å². The third-order valence-electron chi connectivity index (χ3n) is 6.52. The van der Waals surface area contributed by atoms with Crippen LogP contribution in [0.25, 0.3) is 11.6 Å². The van der Waals surface area contributed by atoms with Gasteiger partial charge in [-0.1, -0.05) is 35.9 Å². The molecule has 11 heteroatoms. The Hall–Kier alpha value is -4.77. The van der Waals surface area contributed by atoms with Crippen molar-refractivity contribution in [3.05, 3.63) is 99.4 Å². The summed E-state index contributed by atoms with van der Waals surface area (Å²) in [6, 6.07) is 19.6. The van der Waals surface area contributed by atoms with Gasteiger partial charge in [-0.25, -0.2) is 0 Å². The Balaban J connectivity index is 1.47. The standard InChI is InChI=1S/C30H30N6O4S/c1-19-7-13-24(20(2)16-19)36(27(37)18-35-33-29(32-34-35)25-14-8-21(3)40-25)28(26-6-5-15-41-26)30(38)31-17-22-9-11-23(39-4)12-10-22/h5-16,28H,17-18H2,1-4H3,(H,31,38)/t28-/m1/s1. The number of hydrogen-bond acceptors (Lipinski definition) is 8. The van der Waals surface area contributed by atoms with E-state index in [1.165, 1.54) is 21.0 Å². The summed E-state index contributed by atoms with van der Waals surface area (Å²) in [6.45, 7) is 5.79. The van der Waals surface area contributed by atoms with Crippen molar-refractivity contribution >= 4 is 28.8 Å². The highest BCUT2D eigenvalue weighted by molar-refractivity contribution is 7.10. The molecule has 2 aromatic carbocycles. The molecule has 0 aliphatic rings. The van der Waals surface area contributed by atoms with Crippen molar-refractivity contribution in [2.45, 2.75) is 39.9 Å². The van der Waals surface area contributed by atoms with Crippen molar-refractivity contribution in [1.29, 1.82) is 0 Å². The largest absolute Gasteiger partial charge is 0.497 e. The number of benzene rings is 2. The number of ether oxygens (including phenoxy) is 1. The summed E-state index contributed by atoms with van der Waals surface area (Å²) in [4.78, 5) is 31.4. The SMILES string of the molecule is COc1ccc(CNC(=O)[C@@H](c2cccs2)N(C(=O)Cn2nnc(-c3ccc(C)o3)n2)c2ccc(C)cc2C)cc1. The topological polar surface area (TPSA) is 115 Å². The average molecular weight is 571 g/mol. The zero-order chi connectivity index (χ0) is 28.9. The number of rotatable bonds is 10. The fraction of sp³-hybridized carbons (Fsp3) is 0.233. The number of nitrogens with zero attached hydrogens (tertiary/aromatic N) is 5. The van der Waals surface area contributed by atoms with Crippen molar-refractivity contribution in [3.63, 3.8) is 0 Å². The van der Waals surface area contributed by atoms with Gasteiger partial charge in [0.05, 0.1) is 7.11 Å². The molecule has 3 aromatic heterocycles. The molecule has 5 aromatic rings. The number of amides is 2. The van der Waals surface area contributed by atoms with E-state index in [0.29, 0.717) is 17.2 Å². The number of tetrazole rings is 1. The number of anilines is 1. The predicted octanol–water partition coefficient (Wildman–Crippen LogP) is 5.02. The zero-order valence-corrected chi connectivity index (χ0v) is 24.0. The highest BCUT2D eigenvalue weighted by Crippen LogP contribution is 2.33. The van der Waals surface area contributed by atoms with E-state index in [1.54, 1.807) is 19.2 Å². The van der Waals surface area contributed by atoms with E-state index in [-0.39, 0.29) is 30.7 Å². The third kappa shape index (κ3) is 6.36. The Morgan fingerprint density at radius 3 is 2.54 bits per heavy atom. The van der Waals surface area contributed by atoms with Gasteiger partial charge in [0.2, 0.25) is 11.7 Å². The van der Waals surface area contributed by atoms with Crippen molar-refractivity contribution in [2.24, 2.45) is 0 Å². The van der Waals surface area contributed by atoms with Crippen LogP contribution in [0.5, 0.6) is 5.75 Å². The number of methoxy groups -OCH3 is 1. The highest BCUT2D eigenvalue weighted by atomic mass is 32.1. The van der Waals surface area contributed by atoms with Crippen molar-refractivity contribution < 1.29 is 18.7 Å². The van der Waals surface area contributed by atoms with Gasteiger partial charge < -0.3 is 14.5 Å². The fourth-order valence-corrected chi connectivity index (χ4v) is 5.32. The summed E-state index contributed by atoms with van der Waals surface area (Å²) < 4.78 is 10.8. The van der Waals surface area contributed by atoms with Crippen molar-refractivity contribution in [3.8, 4) is 17.3 Å². The fourth-order valence-electron chi connectivity index (χ4n) is 4.50. The molecule has 0 spiro atoms. The number of hydrogen-bond donors (Lipinski definition) is 1. The zero-order valence-electron chi connectivity index (χ0n) is 23.2. The third-order valence-corrected chi connectivity index (χ3v) is 7.44. The second kappa shape index (κ2) is 12.2. The van der Waals surface area contributed by atoms with Crippen LogP contribution in [0.15, 0.2) is 76.5 Å². The molecule has 0 aliphatic heterocycles. The molecule has 0 bridgehead atoms. The van der Waals surface area contributed by atoms with Gasteiger partial charge in [0.1, 0.15) is 24.1 Å². The first-order valence-electron chi connectivity index (χ1n) is 13.0. The van der Waals surface area contributed by atoms with E-state index < -0.39 is 6.04 Å². The molecule has 41 heavy (non-hydrogen) atoms. The van der Waals surface area contributed by atoms with Crippen LogP contribution in [-0.2, 0) is 22.7 Å². The molecule has 0 fully saturated rings. The van der Waals surface area contributed by atoms with Crippen molar-refractivity contribution in [1.82, 2.24) is 25.5 Å². The van der Waals surface area contributed by atoms with Crippen molar-refractivity contribution in [2.75, 3.05) is 12.0 Å². The van der Waals surface area contributed by atoms with E-state index in [1.807, 2.05) is 80.7 Å². The minimum absolute atomic E-state index is 0.229. The lowest BCUT2D eigenvalue weighted by molar-refractivity contribution is -0.127. The van der Waals surface area contributed by atoms with Crippen LogP contribution < -0.4 is 15.0 Å². The smallest absolute Gasteiger partial charge is 0.251 e. The number of furan rings is 1. The second-order valence-electron chi connectivity index (χ2n) is 9.59. The molecule has 5 rings (SSSR count). The summed E-state index contributed by atoms with van der Waals surface area (Å²) >= 11 is 1.41. The Kier molecular flexibility index (Phi) is 8.25. The van der Waals surface area contributed by atoms with Gasteiger partial charge in [-0.2, -0.15) is 4.80 Å². The monoisotopic (exact) mass is 570 g/mol.